The molecule has 1 amide bonds. The summed E-state index contributed by atoms with van der Waals surface area (Å²) < 4.78 is 14.4. The van der Waals surface area contributed by atoms with E-state index in [1.165, 1.54) is 12.1 Å². The van der Waals surface area contributed by atoms with E-state index in [1.54, 1.807) is 18.3 Å². The van der Waals surface area contributed by atoms with Gasteiger partial charge in [0, 0.05) is 15.8 Å². The number of aromatic hydroxyl groups is 1. The second-order valence-corrected chi connectivity index (χ2v) is 4.73. The van der Waals surface area contributed by atoms with Crippen molar-refractivity contribution in [3.63, 3.8) is 0 Å². The lowest BCUT2D eigenvalue weighted by Gasteiger charge is -2.05. The Bertz CT molecular complexity index is 587. The number of phenolic OH excluding ortho intramolecular Hbond substituents is 1. The molecule has 4 nitrogen and oxygen atoms in total. The van der Waals surface area contributed by atoms with Crippen LogP contribution in [0.25, 0.3) is 0 Å². The first kappa shape index (κ1) is 12.7. The Morgan fingerprint density at radius 1 is 1.33 bits per heavy atom. The molecule has 1 heterocycles. The summed E-state index contributed by atoms with van der Waals surface area (Å²) in [6.07, 6.45) is 1.59. The molecule has 2 rings (SSSR count). The van der Waals surface area contributed by atoms with E-state index < -0.39 is 11.7 Å². The number of halogens is 2. The summed E-state index contributed by atoms with van der Waals surface area (Å²) >= 11 is 2.09. The van der Waals surface area contributed by atoms with Gasteiger partial charge in [0.1, 0.15) is 17.4 Å². The standard InChI is InChI=1S/C12H8FIN2O2/c13-10-5-8(17)2-3-9(10)12(18)16-11-4-1-7(14)6-15-11/h1-6,17H,(H,15,16,18). The maximum Gasteiger partial charge on any atom is 0.259 e. The molecule has 0 atom stereocenters. The normalized spacial score (nSPS) is 10.1. The molecule has 1 aromatic heterocycles. The average Bonchev–Trinajstić information content (AvgIpc) is 2.32. The van der Waals surface area contributed by atoms with Gasteiger partial charge >= 0.3 is 0 Å². The van der Waals surface area contributed by atoms with Gasteiger partial charge in [-0.3, -0.25) is 4.79 Å². The van der Waals surface area contributed by atoms with Crippen molar-refractivity contribution in [2.45, 2.75) is 0 Å². The highest BCUT2D eigenvalue weighted by Gasteiger charge is 2.12. The van der Waals surface area contributed by atoms with Gasteiger partial charge in [0.2, 0.25) is 0 Å². The molecule has 0 aliphatic rings. The first-order valence-corrected chi connectivity index (χ1v) is 6.05. The van der Waals surface area contributed by atoms with Crippen molar-refractivity contribution in [2.24, 2.45) is 0 Å². The zero-order valence-electron chi connectivity index (χ0n) is 9.02. The second kappa shape index (κ2) is 5.30. The molecule has 1 aromatic carbocycles. The van der Waals surface area contributed by atoms with E-state index in [0.29, 0.717) is 5.82 Å². The van der Waals surface area contributed by atoms with Crippen molar-refractivity contribution in [1.82, 2.24) is 4.98 Å². The predicted octanol–water partition coefficient (Wildman–Crippen LogP) is 2.78. The zero-order chi connectivity index (χ0) is 13.1. The molecule has 18 heavy (non-hydrogen) atoms. The fraction of sp³-hybridized carbons (Fsp3) is 0. The van der Waals surface area contributed by atoms with E-state index in [9.17, 15) is 9.18 Å². The molecule has 0 unspecified atom stereocenters. The first-order valence-electron chi connectivity index (χ1n) is 4.97. The van der Waals surface area contributed by atoms with Gasteiger partial charge in [-0.2, -0.15) is 0 Å². The molecule has 2 aromatic rings. The molecule has 0 saturated heterocycles. The van der Waals surface area contributed by atoms with E-state index in [0.717, 1.165) is 9.64 Å². The number of amides is 1. The number of benzene rings is 1. The number of carbonyl (C=O) groups is 1. The summed E-state index contributed by atoms with van der Waals surface area (Å²) in [6, 6.07) is 6.75. The molecule has 0 aliphatic carbocycles. The largest absolute Gasteiger partial charge is 0.508 e. The Morgan fingerprint density at radius 2 is 2.11 bits per heavy atom. The maximum atomic E-state index is 13.4. The lowest BCUT2D eigenvalue weighted by molar-refractivity contribution is 0.102. The molecule has 0 bridgehead atoms. The Balaban J connectivity index is 2.19. The molecule has 0 spiro atoms. The van der Waals surface area contributed by atoms with E-state index >= 15 is 0 Å². The zero-order valence-corrected chi connectivity index (χ0v) is 11.2. The molecular formula is C12H8FIN2O2. The quantitative estimate of drug-likeness (QED) is 0.812. The number of nitrogens with zero attached hydrogens (tertiary/aromatic N) is 1. The summed E-state index contributed by atoms with van der Waals surface area (Å²) in [5.74, 6) is -1.27. The highest BCUT2D eigenvalue weighted by atomic mass is 127. The van der Waals surface area contributed by atoms with Crippen LogP contribution < -0.4 is 5.32 Å². The van der Waals surface area contributed by atoms with Crippen molar-refractivity contribution in [1.29, 1.82) is 0 Å². The van der Waals surface area contributed by atoms with Crippen LogP contribution in [0.5, 0.6) is 5.75 Å². The molecule has 0 fully saturated rings. The number of aromatic nitrogens is 1. The van der Waals surface area contributed by atoms with Crippen molar-refractivity contribution in [3.05, 3.63) is 51.5 Å². The number of nitrogens with one attached hydrogen (secondary N) is 1. The Labute approximate surface area is 116 Å². The highest BCUT2D eigenvalue weighted by Crippen LogP contribution is 2.16. The summed E-state index contributed by atoms with van der Waals surface area (Å²) in [4.78, 5) is 15.7. The van der Waals surface area contributed by atoms with Crippen LogP contribution in [-0.4, -0.2) is 16.0 Å². The van der Waals surface area contributed by atoms with Crippen LogP contribution in [0.3, 0.4) is 0 Å². The third kappa shape index (κ3) is 2.95. The Hall–Kier alpha value is -1.70. The van der Waals surface area contributed by atoms with Crippen LogP contribution in [0.4, 0.5) is 10.2 Å². The molecular weight excluding hydrogens is 350 g/mol. The van der Waals surface area contributed by atoms with E-state index in [2.05, 4.69) is 32.9 Å². The summed E-state index contributed by atoms with van der Waals surface area (Å²) in [6.45, 7) is 0. The lowest BCUT2D eigenvalue weighted by Crippen LogP contribution is -2.14. The third-order valence-electron chi connectivity index (χ3n) is 2.17. The van der Waals surface area contributed by atoms with Crippen molar-refractivity contribution in [3.8, 4) is 5.75 Å². The fourth-order valence-corrected chi connectivity index (χ4v) is 1.64. The Kier molecular flexibility index (Phi) is 3.75. The van der Waals surface area contributed by atoms with E-state index in [4.69, 9.17) is 5.11 Å². The number of hydrogen-bond donors (Lipinski definition) is 2. The lowest BCUT2D eigenvalue weighted by atomic mass is 10.2. The van der Waals surface area contributed by atoms with Crippen LogP contribution in [0.1, 0.15) is 10.4 Å². The molecule has 6 heteroatoms. The van der Waals surface area contributed by atoms with E-state index in [-0.39, 0.29) is 11.3 Å². The monoisotopic (exact) mass is 358 g/mol. The van der Waals surface area contributed by atoms with Gasteiger partial charge in [-0.05, 0) is 46.9 Å². The summed E-state index contributed by atoms with van der Waals surface area (Å²) in [5.41, 5.74) is -0.145. The number of carbonyl (C=O) groups excluding carboxylic acids is 1. The number of phenols is 1. The molecule has 2 N–H and O–H groups in total. The van der Waals surface area contributed by atoms with Gasteiger partial charge in [-0.25, -0.2) is 9.37 Å². The Morgan fingerprint density at radius 3 is 2.72 bits per heavy atom. The smallest absolute Gasteiger partial charge is 0.259 e. The minimum absolute atomic E-state index is 0.145. The van der Waals surface area contributed by atoms with Crippen LogP contribution in [0.15, 0.2) is 36.5 Å². The van der Waals surface area contributed by atoms with Gasteiger partial charge in [-0.1, -0.05) is 0 Å². The average molecular weight is 358 g/mol. The number of anilines is 1. The minimum atomic E-state index is -0.780. The van der Waals surface area contributed by atoms with E-state index in [1.807, 2.05) is 0 Å². The van der Waals surface area contributed by atoms with Crippen LogP contribution in [-0.2, 0) is 0 Å². The van der Waals surface area contributed by atoms with Gasteiger partial charge in [-0.15, -0.1) is 0 Å². The number of rotatable bonds is 2. The van der Waals surface area contributed by atoms with Crippen LogP contribution in [0, 0.1) is 9.39 Å². The molecule has 92 valence electrons. The topological polar surface area (TPSA) is 62.2 Å². The molecule has 0 radical (unpaired) electrons. The van der Waals surface area contributed by atoms with Crippen molar-refractivity contribution in [2.75, 3.05) is 5.32 Å². The van der Waals surface area contributed by atoms with Crippen molar-refractivity contribution < 1.29 is 14.3 Å². The van der Waals surface area contributed by atoms with Crippen LogP contribution in [0.2, 0.25) is 0 Å². The number of hydrogen-bond acceptors (Lipinski definition) is 3. The number of pyridine rings is 1. The maximum absolute atomic E-state index is 13.4. The summed E-state index contributed by atoms with van der Waals surface area (Å²) in [7, 11) is 0. The molecule has 0 saturated carbocycles. The first-order chi connectivity index (χ1) is 8.56. The van der Waals surface area contributed by atoms with Crippen molar-refractivity contribution >= 4 is 34.3 Å². The minimum Gasteiger partial charge on any atom is -0.508 e. The van der Waals surface area contributed by atoms with Gasteiger partial charge < -0.3 is 10.4 Å². The molecule has 0 aliphatic heterocycles. The van der Waals surface area contributed by atoms with Gasteiger partial charge in [0.25, 0.3) is 5.91 Å². The summed E-state index contributed by atoms with van der Waals surface area (Å²) in [5, 5.41) is 11.5. The van der Waals surface area contributed by atoms with Crippen LogP contribution >= 0.6 is 22.6 Å². The SMILES string of the molecule is O=C(Nc1ccc(I)cn1)c1ccc(O)cc1F. The highest BCUT2D eigenvalue weighted by molar-refractivity contribution is 14.1. The van der Waals surface area contributed by atoms with Gasteiger partial charge in [0.15, 0.2) is 0 Å². The second-order valence-electron chi connectivity index (χ2n) is 3.48. The predicted molar refractivity (Wildman–Crippen MR) is 73.0 cm³/mol. The van der Waals surface area contributed by atoms with Gasteiger partial charge in [0.05, 0.1) is 5.56 Å². The fourth-order valence-electron chi connectivity index (χ4n) is 1.32. The third-order valence-corrected chi connectivity index (χ3v) is 2.80.